The van der Waals surface area contributed by atoms with Gasteiger partial charge in [-0.25, -0.2) is 0 Å². The maximum Gasteiger partial charge on any atom is 0.573 e. The molecule has 112 valence electrons. The normalized spacial score (nSPS) is 11.2. The molecule has 4 nitrogen and oxygen atoms in total. The van der Waals surface area contributed by atoms with E-state index in [4.69, 9.17) is 0 Å². The molecule has 0 radical (unpaired) electrons. The van der Waals surface area contributed by atoms with E-state index in [0.29, 0.717) is 19.5 Å². The first-order valence-corrected chi connectivity index (χ1v) is 6.05. The van der Waals surface area contributed by atoms with E-state index in [-0.39, 0.29) is 11.7 Å². The van der Waals surface area contributed by atoms with Gasteiger partial charge >= 0.3 is 6.36 Å². The van der Waals surface area contributed by atoms with E-state index >= 15 is 0 Å². The minimum atomic E-state index is -4.69. The van der Waals surface area contributed by atoms with Crippen LogP contribution in [0.25, 0.3) is 0 Å². The van der Waals surface area contributed by atoms with Crippen LogP contribution in [-0.2, 0) is 11.3 Å². The predicted molar refractivity (Wildman–Crippen MR) is 68.1 cm³/mol. The number of carbonyl (C=O) groups is 1. The van der Waals surface area contributed by atoms with Gasteiger partial charge in [0.2, 0.25) is 5.91 Å². The second-order valence-corrected chi connectivity index (χ2v) is 4.30. The molecule has 1 N–H and O–H groups in total. The first-order chi connectivity index (χ1) is 9.31. The van der Waals surface area contributed by atoms with Crippen LogP contribution in [0.15, 0.2) is 24.3 Å². The Morgan fingerprint density at radius 2 is 1.90 bits per heavy atom. The van der Waals surface area contributed by atoms with Crippen molar-refractivity contribution in [3.63, 3.8) is 0 Å². The highest BCUT2D eigenvalue weighted by Crippen LogP contribution is 2.22. The van der Waals surface area contributed by atoms with Crippen LogP contribution < -0.4 is 10.1 Å². The SMILES string of the molecule is CNCCC(=O)N(C)Cc1ccc(OC(F)(F)F)cc1. The highest BCUT2D eigenvalue weighted by molar-refractivity contribution is 5.76. The average molecular weight is 290 g/mol. The molecule has 0 fully saturated rings. The van der Waals surface area contributed by atoms with Crippen molar-refractivity contribution in [2.45, 2.75) is 19.3 Å². The van der Waals surface area contributed by atoms with E-state index in [9.17, 15) is 18.0 Å². The highest BCUT2D eigenvalue weighted by atomic mass is 19.4. The fourth-order valence-corrected chi connectivity index (χ4v) is 1.58. The molecule has 0 unspecified atom stereocenters. The fourth-order valence-electron chi connectivity index (χ4n) is 1.58. The number of halogens is 3. The Morgan fingerprint density at radius 3 is 2.40 bits per heavy atom. The summed E-state index contributed by atoms with van der Waals surface area (Å²) >= 11 is 0. The molecule has 1 amide bonds. The minimum absolute atomic E-state index is 0.0324. The second kappa shape index (κ2) is 7.14. The molecule has 1 aromatic carbocycles. The van der Waals surface area contributed by atoms with Crippen molar-refractivity contribution in [1.82, 2.24) is 10.2 Å². The zero-order valence-corrected chi connectivity index (χ0v) is 11.3. The van der Waals surface area contributed by atoms with E-state index in [2.05, 4.69) is 10.1 Å². The van der Waals surface area contributed by atoms with Crippen molar-refractivity contribution < 1.29 is 22.7 Å². The number of benzene rings is 1. The molecule has 0 bridgehead atoms. The van der Waals surface area contributed by atoms with Gasteiger partial charge in [-0.15, -0.1) is 13.2 Å². The summed E-state index contributed by atoms with van der Waals surface area (Å²) in [7, 11) is 3.41. The number of rotatable bonds is 6. The number of ether oxygens (including phenoxy) is 1. The topological polar surface area (TPSA) is 41.6 Å². The van der Waals surface area contributed by atoms with Crippen molar-refractivity contribution in [3.05, 3.63) is 29.8 Å². The molecule has 0 aliphatic rings. The zero-order valence-electron chi connectivity index (χ0n) is 11.3. The summed E-state index contributed by atoms with van der Waals surface area (Å²) in [5, 5.41) is 2.88. The monoisotopic (exact) mass is 290 g/mol. The summed E-state index contributed by atoms with van der Waals surface area (Å²) in [4.78, 5) is 13.2. The summed E-state index contributed by atoms with van der Waals surface area (Å²) in [6, 6.07) is 5.47. The Balaban J connectivity index is 2.54. The quantitative estimate of drug-likeness (QED) is 0.873. The molecule has 7 heteroatoms. The summed E-state index contributed by atoms with van der Waals surface area (Å²) in [5.74, 6) is -0.305. The molecule has 0 aliphatic carbocycles. The van der Waals surface area contributed by atoms with Crippen molar-refractivity contribution in [3.8, 4) is 5.75 Å². The highest BCUT2D eigenvalue weighted by Gasteiger charge is 2.30. The largest absolute Gasteiger partial charge is 0.573 e. The van der Waals surface area contributed by atoms with Gasteiger partial charge in [0.05, 0.1) is 0 Å². The third-order valence-electron chi connectivity index (χ3n) is 2.59. The number of carbonyl (C=O) groups excluding carboxylic acids is 1. The van der Waals surface area contributed by atoms with Crippen LogP contribution in [0, 0.1) is 0 Å². The number of amides is 1. The first-order valence-electron chi connectivity index (χ1n) is 6.05. The van der Waals surface area contributed by atoms with Crippen molar-refractivity contribution in [2.75, 3.05) is 20.6 Å². The van der Waals surface area contributed by atoms with E-state index in [0.717, 1.165) is 5.56 Å². The Morgan fingerprint density at radius 1 is 1.30 bits per heavy atom. The van der Waals surface area contributed by atoms with Crippen LogP contribution in [0.1, 0.15) is 12.0 Å². The van der Waals surface area contributed by atoms with Crippen LogP contribution >= 0.6 is 0 Å². The molecular formula is C13H17F3N2O2. The smallest absolute Gasteiger partial charge is 0.406 e. The molecule has 0 heterocycles. The van der Waals surface area contributed by atoms with Gasteiger partial charge in [0, 0.05) is 26.6 Å². The third kappa shape index (κ3) is 5.92. The van der Waals surface area contributed by atoms with Gasteiger partial charge < -0.3 is 15.0 Å². The van der Waals surface area contributed by atoms with Crippen molar-refractivity contribution in [2.24, 2.45) is 0 Å². The average Bonchev–Trinajstić information content (AvgIpc) is 2.36. The maximum absolute atomic E-state index is 12.0. The molecule has 0 saturated heterocycles. The van der Waals surface area contributed by atoms with Gasteiger partial charge in [-0.05, 0) is 24.7 Å². The van der Waals surface area contributed by atoms with Crippen LogP contribution in [-0.4, -0.2) is 37.8 Å². The lowest BCUT2D eigenvalue weighted by Gasteiger charge is -2.17. The Kier molecular flexibility index (Phi) is 5.82. The van der Waals surface area contributed by atoms with Crippen LogP contribution in [0.2, 0.25) is 0 Å². The van der Waals surface area contributed by atoms with Crippen LogP contribution in [0.5, 0.6) is 5.75 Å². The molecule has 0 aliphatic heterocycles. The number of nitrogens with zero attached hydrogens (tertiary/aromatic N) is 1. The van der Waals surface area contributed by atoms with Gasteiger partial charge in [-0.1, -0.05) is 12.1 Å². The number of hydrogen-bond donors (Lipinski definition) is 1. The minimum Gasteiger partial charge on any atom is -0.406 e. The lowest BCUT2D eigenvalue weighted by molar-refractivity contribution is -0.274. The predicted octanol–water partition coefficient (Wildman–Crippen LogP) is 2.15. The Hall–Kier alpha value is -1.76. The van der Waals surface area contributed by atoms with Gasteiger partial charge in [0.15, 0.2) is 0 Å². The fraction of sp³-hybridized carbons (Fsp3) is 0.462. The van der Waals surface area contributed by atoms with Crippen LogP contribution in [0.4, 0.5) is 13.2 Å². The van der Waals surface area contributed by atoms with Gasteiger partial charge in [0.25, 0.3) is 0 Å². The lowest BCUT2D eigenvalue weighted by Crippen LogP contribution is -2.28. The summed E-state index contributed by atoms with van der Waals surface area (Å²) < 4.78 is 39.8. The summed E-state index contributed by atoms with van der Waals surface area (Å²) in [5.41, 5.74) is 0.736. The molecule has 1 rings (SSSR count). The van der Waals surface area contributed by atoms with Gasteiger partial charge in [-0.2, -0.15) is 0 Å². The van der Waals surface area contributed by atoms with E-state index < -0.39 is 6.36 Å². The number of alkyl halides is 3. The van der Waals surface area contributed by atoms with E-state index in [1.165, 1.54) is 29.2 Å². The van der Waals surface area contributed by atoms with Crippen LogP contribution in [0.3, 0.4) is 0 Å². The molecule has 0 saturated carbocycles. The molecule has 20 heavy (non-hydrogen) atoms. The van der Waals surface area contributed by atoms with E-state index in [1.54, 1.807) is 14.1 Å². The van der Waals surface area contributed by atoms with Gasteiger partial charge in [0.1, 0.15) is 5.75 Å². The first kappa shape index (κ1) is 16.3. The number of hydrogen-bond acceptors (Lipinski definition) is 3. The zero-order chi connectivity index (χ0) is 15.2. The van der Waals surface area contributed by atoms with Crippen molar-refractivity contribution in [1.29, 1.82) is 0 Å². The lowest BCUT2D eigenvalue weighted by atomic mass is 10.2. The third-order valence-corrected chi connectivity index (χ3v) is 2.59. The van der Waals surface area contributed by atoms with Crippen molar-refractivity contribution >= 4 is 5.91 Å². The Bertz CT molecular complexity index is 432. The standard InChI is InChI=1S/C13H17F3N2O2/c1-17-8-7-12(19)18(2)9-10-3-5-11(6-4-10)20-13(14,15)16/h3-6,17H,7-9H2,1-2H3. The maximum atomic E-state index is 12.0. The van der Waals surface area contributed by atoms with Gasteiger partial charge in [-0.3, -0.25) is 4.79 Å². The molecule has 1 aromatic rings. The Labute approximate surface area is 115 Å². The van der Waals surface area contributed by atoms with E-state index in [1.807, 2.05) is 0 Å². The summed E-state index contributed by atoms with van der Waals surface area (Å²) in [6.45, 7) is 0.927. The molecule has 0 aromatic heterocycles. The number of nitrogens with one attached hydrogen (secondary N) is 1. The molecular weight excluding hydrogens is 273 g/mol. The summed E-state index contributed by atoms with van der Waals surface area (Å²) in [6.07, 6.45) is -4.32. The molecule has 0 atom stereocenters. The second-order valence-electron chi connectivity index (χ2n) is 4.30. The molecule has 0 spiro atoms.